The van der Waals surface area contributed by atoms with Crippen molar-refractivity contribution in [2.75, 3.05) is 44.4 Å². The minimum Gasteiger partial charge on any atom is -0.483 e. The van der Waals surface area contributed by atoms with Crippen molar-refractivity contribution in [3.8, 4) is 11.6 Å². The molecular weight excluding hydrogens is 469 g/mol. The standard InChI is InChI=1S/C25H26FN5O5/c1-25(5-6-25)36-24(32)30-10-15-12-33-13-16(11-30)20(15)35-23-21-22(28-14-29-23)31(7-8-34-21)19-4-3-17(27-2)9-18(19)26/h3-4,9,14-16,20H,5-8,10-13H2,1H3. The summed E-state index contributed by atoms with van der Waals surface area (Å²) in [5, 5.41) is 0. The van der Waals surface area contributed by atoms with Crippen LogP contribution in [0, 0.1) is 24.2 Å². The number of nitrogens with zero attached hydrogens (tertiary/aromatic N) is 5. The lowest BCUT2D eigenvalue weighted by molar-refractivity contribution is -0.112. The van der Waals surface area contributed by atoms with Gasteiger partial charge in [-0.2, -0.15) is 4.98 Å². The highest BCUT2D eigenvalue weighted by Crippen LogP contribution is 2.43. The number of fused-ring (bicyclic) bond motifs is 3. The Hall–Kier alpha value is -3.65. The van der Waals surface area contributed by atoms with E-state index in [9.17, 15) is 9.18 Å². The van der Waals surface area contributed by atoms with Crippen LogP contribution < -0.4 is 14.4 Å². The molecule has 11 heteroatoms. The first-order valence-electron chi connectivity index (χ1n) is 12.1. The lowest BCUT2D eigenvalue weighted by atomic mass is 9.84. The van der Waals surface area contributed by atoms with Crippen molar-refractivity contribution in [3.63, 3.8) is 0 Å². The fourth-order valence-corrected chi connectivity index (χ4v) is 5.04. The number of carbonyl (C=O) groups is 1. The minimum absolute atomic E-state index is 0.0546. The number of carbonyl (C=O) groups excluding carboxylic acids is 1. The third-order valence-corrected chi connectivity index (χ3v) is 7.22. The van der Waals surface area contributed by atoms with E-state index in [0.29, 0.717) is 56.7 Å². The van der Waals surface area contributed by atoms with Crippen molar-refractivity contribution in [1.82, 2.24) is 14.9 Å². The molecule has 2 aromatic rings. The fraction of sp³-hybridized carbons (Fsp3) is 0.520. The number of piperidine rings is 1. The zero-order valence-corrected chi connectivity index (χ0v) is 19.9. The van der Waals surface area contributed by atoms with Gasteiger partial charge in [0.2, 0.25) is 5.75 Å². The number of hydrogen-bond acceptors (Lipinski definition) is 8. The van der Waals surface area contributed by atoms with Gasteiger partial charge in [-0.15, -0.1) is 0 Å². The highest BCUT2D eigenvalue weighted by molar-refractivity contribution is 5.71. The molecule has 6 rings (SSSR count). The van der Waals surface area contributed by atoms with E-state index in [1.807, 2.05) is 6.92 Å². The molecule has 1 aromatic heterocycles. The first-order chi connectivity index (χ1) is 17.4. The van der Waals surface area contributed by atoms with Gasteiger partial charge in [0.15, 0.2) is 11.5 Å². The second-order valence-electron chi connectivity index (χ2n) is 9.94. The largest absolute Gasteiger partial charge is 0.483 e. The van der Waals surface area contributed by atoms with E-state index in [2.05, 4.69) is 14.8 Å². The van der Waals surface area contributed by atoms with Crippen molar-refractivity contribution >= 4 is 23.3 Å². The molecule has 4 aliphatic rings. The van der Waals surface area contributed by atoms with Gasteiger partial charge in [0.25, 0.3) is 5.88 Å². The van der Waals surface area contributed by atoms with Gasteiger partial charge in [-0.05, 0) is 31.9 Å². The molecule has 10 nitrogen and oxygen atoms in total. The Balaban J connectivity index is 1.23. The topological polar surface area (TPSA) is 90.6 Å². The van der Waals surface area contributed by atoms with Gasteiger partial charge in [0.05, 0.1) is 32.0 Å². The summed E-state index contributed by atoms with van der Waals surface area (Å²) in [7, 11) is 0. The molecular formula is C25H26FN5O5. The Labute approximate surface area is 207 Å². The molecule has 2 unspecified atom stereocenters. The number of anilines is 2. The monoisotopic (exact) mass is 495 g/mol. The third-order valence-electron chi connectivity index (χ3n) is 7.22. The van der Waals surface area contributed by atoms with Gasteiger partial charge in [-0.25, -0.2) is 19.0 Å². The van der Waals surface area contributed by atoms with Crippen molar-refractivity contribution in [2.24, 2.45) is 11.8 Å². The molecule has 188 valence electrons. The Morgan fingerprint density at radius 1 is 1.25 bits per heavy atom. The van der Waals surface area contributed by atoms with Gasteiger partial charge >= 0.3 is 6.09 Å². The van der Waals surface area contributed by atoms with Gasteiger partial charge in [0, 0.05) is 24.9 Å². The molecule has 2 bridgehead atoms. The van der Waals surface area contributed by atoms with E-state index in [1.54, 1.807) is 21.9 Å². The quantitative estimate of drug-likeness (QED) is 0.593. The normalized spacial score (nSPS) is 25.8. The second kappa shape index (κ2) is 8.78. The molecule has 4 heterocycles. The molecule has 1 amide bonds. The summed E-state index contributed by atoms with van der Waals surface area (Å²) < 4.78 is 38.6. The maximum atomic E-state index is 14.8. The number of benzene rings is 1. The van der Waals surface area contributed by atoms with Crippen molar-refractivity contribution in [3.05, 3.63) is 41.8 Å². The number of ether oxygens (including phenoxy) is 4. The highest BCUT2D eigenvalue weighted by atomic mass is 19.1. The highest BCUT2D eigenvalue weighted by Gasteiger charge is 2.47. The predicted molar refractivity (Wildman–Crippen MR) is 125 cm³/mol. The average Bonchev–Trinajstić information content (AvgIpc) is 3.60. The molecule has 0 spiro atoms. The van der Waals surface area contributed by atoms with Crippen LogP contribution in [0.25, 0.3) is 4.85 Å². The van der Waals surface area contributed by atoms with Crippen LogP contribution in [0.3, 0.4) is 0 Å². The van der Waals surface area contributed by atoms with Crippen LogP contribution in [0.1, 0.15) is 19.8 Å². The van der Waals surface area contributed by atoms with Gasteiger partial charge in [-0.3, -0.25) is 0 Å². The summed E-state index contributed by atoms with van der Waals surface area (Å²) >= 11 is 0. The smallest absolute Gasteiger partial charge is 0.410 e. The molecule has 0 N–H and O–H groups in total. The summed E-state index contributed by atoms with van der Waals surface area (Å²) in [6.07, 6.45) is 2.66. The number of halogens is 1. The SMILES string of the molecule is [C-]#[N+]c1ccc(N2CCOc3c(OC4C5COCC4CN(C(=O)OC4(C)CC4)C5)ncnc32)c(F)c1. The summed E-state index contributed by atoms with van der Waals surface area (Å²) in [4.78, 5) is 28.1. The second-order valence-corrected chi connectivity index (χ2v) is 9.94. The zero-order chi connectivity index (χ0) is 24.9. The lowest BCUT2D eigenvalue weighted by Crippen LogP contribution is -2.59. The number of rotatable bonds is 4. The zero-order valence-electron chi connectivity index (χ0n) is 19.9. The van der Waals surface area contributed by atoms with E-state index < -0.39 is 5.82 Å². The number of amides is 1. The van der Waals surface area contributed by atoms with Crippen LogP contribution in [0.4, 0.5) is 26.4 Å². The van der Waals surface area contributed by atoms with Gasteiger partial charge in [-0.1, -0.05) is 6.07 Å². The van der Waals surface area contributed by atoms with Crippen LogP contribution in [-0.4, -0.2) is 72.1 Å². The number of hydrogen-bond donors (Lipinski definition) is 0. The summed E-state index contributed by atoms with van der Waals surface area (Å²) in [6, 6.07) is 4.35. The first-order valence-corrected chi connectivity index (χ1v) is 12.1. The Bertz CT molecular complexity index is 1220. The van der Waals surface area contributed by atoms with Crippen LogP contribution >= 0.6 is 0 Å². The molecule has 1 aromatic carbocycles. The molecule has 3 fully saturated rings. The molecule has 3 aliphatic heterocycles. The fourth-order valence-electron chi connectivity index (χ4n) is 5.04. The van der Waals surface area contributed by atoms with Gasteiger partial charge in [0.1, 0.15) is 30.5 Å². The van der Waals surface area contributed by atoms with E-state index in [0.717, 1.165) is 12.8 Å². The predicted octanol–water partition coefficient (Wildman–Crippen LogP) is 3.71. The lowest BCUT2D eigenvalue weighted by Gasteiger charge is -2.46. The Kier molecular flexibility index (Phi) is 5.56. The molecule has 0 radical (unpaired) electrons. The first kappa shape index (κ1) is 22.8. The molecule has 2 atom stereocenters. The number of likely N-dealkylation sites (tertiary alicyclic amines) is 1. The summed E-state index contributed by atoms with van der Waals surface area (Å²) in [5.41, 5.74) is 0.208. The van der Waals surface area contributed by atoms with Crippen LogP contribution in [0.2, 0.25) is 0 Å². The van der Waals surface area contributed by atoms with E-state index >= 15 is 0 Å². The van der Waals surface area contributed by atoms with Crippen LogP contribution in [0.5, 0.6) is 11.6 Å². The van der Waals surface area contributed by atoms with Gasteiger partial charge < -0.3 is 28.7 Å². The Morgan fingerprint density at radius 3 is 2.72 bits per heavy atom. The van der Waals surface area contributed by atoms with Crippen molar-refractivity contribution in [1.29, 1.82) is 0 Å². The maximum Gasteiger partial charge on any atom is 0.410 e. The van der Waals surface area contributed by atoms with Crippen molar-refractivity contribution < 1.29 is 28.1 Å². The average molecular weight is 496 g/mol. The Morgan fingerprint density at radius 2 is 2.03 bits per heavy atom. The third kappa shape index (κ3) is 4.15. The van der Waals surface area contributed by atoms with E-state index in [1.165, 1.54) is 12.4 Å². The van der Waals surface area contributed by atoms with E-state index in [4.69, 9.17) is 25.5 Å². The van der Waals surface area contributed by atoms with Crippen LogP contribution in [-0.2, 0) is 9.47 Å². The summed E-state index contributed by atoms with van der Waals surface area (Å²) in [6.45, 7) is 11.6. The number of aromatic nitrogens is 2. The summed E-state index contributed by atoms with van der Waals surface area (Å²) in [5.74, 6) is 0.414. The van der Waals surface area contributed by atoms with E-state index in [-0.39, 0.29) is 41.2 Å². The molecule has 1 aliphatic carbocycles. The molecule has 36 heavy (non-hydrogen) atoms. The van der Waals surface area contributed by atoms with Crippen LogP contribution in [0.15, 0.2) is 24.5 Å². The maximum absolute atomic E-state index is 14.8. The van der Waals surface area contributed by atoms with Crippen molar-refractivity contribution in [2.45, 2.75) is 31.5 Å². The molecule has 2 saturated heterocycles. The molecule has 1 saturated carbocycles. The minimum atomic E-state index is -0.511.